The van der Waals surface area contributed by atoms with Crippen LogP contribution in [0.5, 0.6) is 0 Å². The molecule has 396 valence electrons. The number of fused-ring (bicyclic) bond motifs is 4. The zero-order valence-corrected chi connectivity index (χ0v) is 43.7. The molecule has 0 saturated heterocycles. The van der Waals surface area contributed by atoms with Gasteiger partial charge in [-0.1, -0.05) is 146 Å². The molecule has 2 aromatic heterocycles. The van der Waals surface area contributed by atoms with Crippen molar-refractivity contribution < 1.29 is 25.9 Å². The number of nitrogens with one attached hydrogen (secondary N) is 6. The molecule has 0 bridgehead atoms. The van der Waals surface area contributed by atoms with E-state index >= 15 is 0 Å². The van der Waals surface area contributed by atoms with E-state index in [9.17, 15) is 25.9 Å². The van der Waals surface area contributed by atoms with Crippen LogP contribution in [-0.2, 0) is 20.2 Å². The Morgan fingerprint density at radius 1 is 0.293 bits per heavy atom. The Hall–Kier alpha value is -8.24. The first kappa shape index (κ1) is 57.0. The van der Waals surface area contributed by atoms with Gasteiger partial charge >= 0.3 is 59.1 Å². The monoisotopic (exact) mass is 1140 g/mol. The maximum absolute atomic E-state index is 13.1. The van der Waals surface area contributed by atoms with Gasteiger partial charge in [0.15, 0.2) is 0 Å². The van der Waals surface area contributed by atoms with Gasteiger partial charge in [-0.3, -0.25) is 9.11 Å². The molecule has 12 rings (SSSR count). The van der Waals surface area contributed by atoms with Crippen LogP contribution >= 0.6 is 0 Å². The fraction of sp³-hybridized carbons (Fsp3) is 0. The summed E-state index contributed by atoms with van der Waals surface area (Å²) in [7, 11) is -9.76. The Bertz CT molecular complexity index is 4180. The van der Waals surface area contributed by atoms with Crippen LogP contribution in [0.2, 0.25) is 0 Å². The van der Waals surface area contributed by atoms with Crippen molar-refractivity contribution in [3.8, 4) is 0 Å². The van der Waals surface area contributed by atoms with Gasteiger partial charge in [-0.2, -0.15) is 36.8 Å². The van der Waals surface area contributed by atoms with Gasteiger partial charge in [0.1, 0.15) is 33.1 Å². The molecule has 8 N–H and O–H groups in total. The number of hydrogen-bond acceptors (Lipinski definition) is 14. The predicted molar refractivity (Wildman–Crippen MR) is 335 cm³/mol. The normalized spacial score (nSPS) is 11.5. The summed E-state index contributed by atoms with van der Waals surface area (Å²) in [4.78, 5) is 18.0. The summed E-state index contributed by atoms with van der Waals surface area (Å²) < 4.78 is 73.4. The van der Waals surface area contributed by atoms with Crippen molar-refractivity contribution in [2.75, 3.05) is 31.9 Å². The molecule has 10 aromatic carbocycles. The molecule has 0 aliphatic heterocycles. The zero-order chi connectivity index (χ0) is 54.8. The van der Waals surface area contributed by atoms with Gasteiger partial charge in [-0.05, 0) is 127 Å². The minimum atomic E-state index is -4.88. The molecule has 12 aromatic rings. The molecule has 0 aliphatic carbocycles. The van der Waals surface area contributed by atoms with Crippen molar-refractivity contribution in [1.82, 2.24) is 19.9 Å². The van der Waals surface area contributed by atoms with Crippen molar-refractivity contribution in [1.29, 1.82) is 0 Å². The van der Waals surface area contributed by atoms with Gasteiger partial charge in [-0.25, -0.2) is 0 Å². The summed E-state index contributed by atoms with van der Waals surface area (Å²) in [5.74, 6) is 1.85. The number of anilines is 12. The standard InChI is InChI=1S/C62H46N10O6S2.2Na.2H/c73-79(74,75)55-35-53(65-59-37-57(63-49-25-19-39-9-1-5-13-45(39)31-49)69-61(71-59)67-51-27-21-41-11-3-7-15-47(41)33-51)29-23-43(55)17-18-44-24-30-54(36-56(44)80(76,77)78)66-60-38-58(64-50-26-20-40-10-2-6-14-46(40)32-50)70-62(72-60)68-52-28-22-42-12-4-8-16-48(42)34-52;;;;/h1-38H,(H,73,74,75)(H,76,77,78)(H3,63,65,67,69,71)(H3,64,66,68,70,72);;;;/b18-17+;;;;. The summed E-state index contributed by atoms with van der Waals surface area (Å²) in [6, 6.07) is 67.3. The molecule has 0 aliphatic rings. The minimum absolute atomic E-state index is 0. The van der Waals surface area contributed by atoms with E-state index in [-0.39, 0.29) is 105 Å². The molecular formula is C62H48N10Na2O6S2. The van der Waals surface area contributed by atoms with Gasteiger partial charge in [-0.15, -0.1) is 0 Å². The Morgan fingerprint density at radius 3 is 0.817 bits per heavy atom. The molecule has 0 saturated carbocycles. The number of nitrogens with zero attached hydrogens (tertiary/aromatic N) is 4. The number of hydrogen-bond donors (Lipinski definition) is 8. The maximum atomic E-state index is 13.1. The SMILES string of the molecule is O=S(=O)(O)c1cc(Nc2cc(Nc3ccc4ccccc4c3)nc(Nc3ccc4ccccc4c3)n2)ccc1/C=C/c1ccc(Nc2cc(Nc3ccc4ccccc4c3)nc(Nc3ccc4ccccc4c3)n2)cc1S(=O)(=O)O.[NaH].[NaH]. The number of benzene rings is 10. The molecular weight excluding hydrogens is 1090 g/mol. The van der Waals surface area contributed by atoms with E-state index in [4.69, 9.17) is 19.9 Å². The van der Waals surface area contributed by atoms with E-state index in [0.29, 0.717) is 11.6 Å². The average Bonchev–Trinajstić information content (AvgIpc) is 3.46. The number of rotatable bonds is 16. The summed E-state index contributed by atoms with van der Waals surface area (Å²) >= 11 is 0. The van der Waals surface area contributed by atoms with Gasteiger partial charge in [0, 0.05) is 46.3 Å². The van der Waals surface area contributed by atoms with Crippen LogP contribution < -0.4 is 31.9 Å². The first-order valence-electron chi connectivity index (χ1n) is 25.0. The van der Waals surface area contributed by atoms with Crippen LogP contribution in [0.15, 0.2) is 228 Å². The first-order chi connectivity index (χ1) is 38.8. The van der Waals surface area contributed by atoms with Crippen molar-refractivity contribution in [3.05, 3.63) is 230 Å². The Balaban J connectivity index is 0.00000376. The van der Waals surface area contributed by atoms with Crippen LogP contribution in [0.3, 0.4) is 0 Å². The van der Waals surface area contributed by atoms with E-state index in [1.807, 2.05) is 170 Å². The molecule has 2 heterocycles. The topological polar surface area (TPSA) is 232 Å². The van der Waals surface area contributed by atoms with E-state index < -0.39 is 30.0 Å². The van der Waals surface area contributed by atoms with Crippen LogP contribution in [0.1, 0.15) is 11.1 Å². The van der Waals surface area contributed by atoms with Crippen molar-refractivity contribution in [3.63, 3.8) is 0 Å². The van der Waals surface area contributed by atoms with E-state index in [1.54, 1.807) is 24.3 Å². The molecule has 82 heavy (non-hydrogen) atoms. The second-order valence-electron chi connectivity index (χ2n) is 18.7. The second-order valence-corrected chi connectivity index (χ2v) is 21.5. The third kappa shape index (κ3) is 13.6. The van der Waals surface area contributed by atoms with Gasteiger partial charge < -0.3 is 31.9 Å². The Morgan fingerprint density at radius 2 is 0.537 bits per heavy atom. The van der Waals surface area contributed by atoms with Crippen molar-refractivity contribution in [2.24, 2.45) is 0 Å². The second kappa shape index (κ2) is 24.5. The average molecular weight is 1140 g/mol. The molecule has 20 heteroatoms. The van der Waals surface area contributed by atoms with Crippen molar-refractivity contribution in [2.45, 2.75) is 9.79 Å². The van der Waals surface area contributed by atoms with Crippen LogP contribution in [0.25, 0.3) is 55.2 Å². The van der Waals surface area contributed by atoms with E-state index in [0.717, 1.165) is 65.8 Å². The predicted octanol–water partition coefficient (Wildman–Crippen LogP) is 13.7. The first-order valence-corrected chi connectivity index (χ1v) is 27.9. The number of aromatic nitrogens is 4. The van der Waals surface area contributed by atoms with Gasteiger partial charge in [0.25, 0.3) is 20.2 Å². The van der Waals surface area contributed by atoms with Gasteiger partial charge in [0.05, 0.1) is 0 Å². The molecule has 16 nitrogen and oxygen atoms in total. The fourth-order valence-electron chi connectivity index (χ4n) is 9.31. The van der Waals surface area contributed by atoms with Crippen LogP contribution in [0.4, 0.5) is 69.3 Å². The van der Waals surface area contributed by atoms with Crippen LogP contribution in [0, 0.1) is 0 Å². The molecule has 0 amide bonds. The summed E-state index contributed by atoms with van der Waals surface area (Å²) in [6.45, 7) is 0. The molecule has 0 spiro atoms. The summed E-state index contributed by atoms with van der Waals surface area (Å²) in [6.07, 6.45) is 2.65. The molecule has 0 atom stereocenters. The molecule has 0 unspecified atom stereocenters. The Kier molecular flexibility index (Phi) is 17.0. The van der Waals surface area contributed by atoms with Crippen LogP contribution in [-0.4, -0.2) is 105 Å². The third-order valence-electron chi connectivity index (χ3n) is 13.1. The van der Waals surface area contributed by atoms with Gasteiger partial charge in [0.2, 0.25) is 11.9 Å². The zero-order valence-electron chi connectivity index (χ0n) is 42.1. The molecule has 0 fully saturated rings. The quantitative estimate of drug-likeness (QED) is 0.0255. The van der Waals surface area contributed by atoms with E-state index in [1.165, 1.54) is 36.4 Å². The fourth-order valence-corrected chi connectivity index (χ4v) is 10.7. The van der Waals surface area contributed by atoms with E-state index in [2.05, 4.69) is 31.9 Å². The van der Waals surface area contributed by atoms with Crippen molar-refractivity contribution >= 4 is 204 Å². The summed E-state index contributed by atoms with van der Waals surface area (Å²) in [5, 5.41) is 28.0. The Labute approximate surface area is 516 Å². The third-order valence-corrected chi connectivity index (χ3v) is 14.9. The molecule has 0 radical (unpaired) electrons. The summed E-state index contributed by atoms with van der Waals surface area (Å²) in [5.41, 5.74) is 3.51.